The number of carbonyl (C=O) groups excluding carboxylic acids is 1. The SMILES string of the molecule is Cc1noc(C#Cc2nc3nc(C4(C(=O)O)CC4)oc3o2)c1NC(=O)OC(C)c1ccccc1. The van der Waals surface area contributed by atoms with Crippen molar-refractivity contribution in [2.24, 2.45) is 0 Å². The van der Waals surface area contributed by atoms with E-state index in [1.807, 2.05) is 30.3 Å². The Balaban J connectivity index is 1.30. The van der Waals surface area contributed by atoms with Crippen molar-refractivity contribution < 1.29 is 32.8 Å². The lowest BCUT2D eigenvalue weighted by atomic mass is 10.1. The Labute approximate surface area is 192 Å². The lowest BCUT2D eigenvalue weighted by Gasteiger charge is -2.13. The number of carbonyl (C=O) groups is 2. The minimum atomic E-state index is -1.10. The van der Waals surface area contributed by atoms with E-state index < -0.39 is 23.6 Å². The van der Waals surface area contributed by atoms with Gasteiger partial charge in [-0.15, -0.1) is 0 Å². The third-order valence-electron chi connectivity index (χ3n) is 5.47. The fourth-order valence-corrected chi connectivity index (χ4v) is 3.34. The van der Waals surface area contributed by atoms with Crippen LogP contribution in [0.25, 0.3) is 11.4 Å². The average Bonchev–Trinajstić information content (AvgIpc) is 3.26. The van der Waals surface area contributed by atoms with Crippen molar-refractivity contribution in [3.8, 4) is 11.8 Å². The second kappa shape index (κ2) is 8.08. The molecule has 0 spiro atoms. The largest absolute Gasteiger partial charge is 0.480 e. The maximum absolute atomic E-state index is 12.4. The van der Waals surface area contributed by atoms with Gasteiger partial charge in [-0.05, 0) is 38.2 Å². The Hall–Kier alpha value is -4.59. The van der Waals surface area contributed by atoms with Crippen LogP contribution in [0, 0.1) is 18.8 Å². The number of nitrogens with one attached hydrogen (secondary N) is 1. The van der Waals surface area contributed by atoms with E-state index in [2.05, 4.69) is 32.3 Å². The number of hydrogen-bond donors (Lipinski definition) is 2. The fraction of sp³-hybridized carbons (Fsp3) is 0.261. The molecule has 1 atom stereocenters. The molecule has 1 fully saturated rings. The van der Waals surface area contributed by atoms with Crippen LogP contribution < -0.4 is 5.32 Å². The summed E-state index contributed by atoms with van der Waals surface area (Å²) in [6.45, 7) is 3.40. The molecule has 1 aromatic carbocycles. The maximum Gasteiger partial charge on any atom is 0.412 e. The molecule has 1 amide bonds. The minimum Gasteiger partial charge on any atom is -0.480 e. The van der Waals surface area contributed by atoms with E-state index in [-0.39, 0.29) is 34.7 Å². The highest BCUT2D eigenvalue weighted by atomic mass is 16.6. The van der Waals surface area contributed by atoms with Gasteiger partial charge in [-0.2, -0.15) is 9.97 Å². The second-order valence-electron chi connectivity index (χ2n) is 7.84. The van der Waals surface area contributed by atoms with Gasteiger partial charge in [-0.1, -0.05) is 35.5 Å². The number of aromatic nitrogens is 3. The van der Waals surface area contributed by atoms with Gasteiger partial charge in [-0.3, -0.25) is 10.1 Å². The molecule has 2 N–H and O–H groups in total. The van der Waals surface area contributed by atoms with Gasteiger partial charge in [0.2, 0.25) is 17.3 Å². The van der Waals surface area contributed by atoms with Gasteiger partial charge in [0.25, 0.3) is 5.89 Å². The van der Waals surface area contributed by atoms with Gasteiger partial charge in [0.1, 0.15) is 22.9 Å². The zero-order valence-corrected chi connectivity index (χ0v) is 18.1. The van der Waals surface area contributed by atoms with Crippen LogP contribution in [0.5, 0.6) is 0 Å². The summed E-state index contributed by atoms with van der Waals surface area (Å²) in [6.07, 6.45) is -0.258. The fourth-order valence-electron chi connectivity index (χ4n) is 3.34. The Bertz CT molecular complexity index is 1420. The summed E-state index contributed by atoms with van der Waals surface area (Å²) in [6, 6.07) is 9.31. The number of benzene rings is 1. The van der Waals surface area contributed by atoms with Crippen LogP contribution in [0.4, 0.5) is 10.5 Å². The highest BCUT2D eigenvalue weighted by molar-refractivity contribution is 5.87. The van der Waals surface area contributed by atoms with Gasteiger partial charge >= 0.3 is 17.8 Å². The molecule has 172 valence electrons. The molecule has 1 saturated carbocycles. The second-order valence-corrected chi connectivity index (χ2v) is 7.84. The van der Waals surface area contributed by atoms with Crippen LogP contribution >= 0.6 is 0 Å². The molecule has 11 nitrogen and oxygen atoms in total. The number of carboxylic acid groups (broad SMARTS) is 1. The number of nitrogens with zero attached hydrogens (tertiary/aromatic N) is 3. The van der Waals surface area contributed by atoms with Crippen LogP contribution in [-0.4, -0.2) is 32.3 Å². The summed E-state index contributed by atoms with van der Waals surface area (Å²) in [5, 5.41) is 15.8. The van der Waals surface area contributed by atoms with E-state index in [0.29, 0.717) is 18.5 Å². The van der Waals surface area contributed by atoms with Gasteiger partial charge in [0.15, 0.2) is 0 Å². The number of carboxylic acids is 1. The van der Waals surface area contributed by atoms with Gasteiger partial charge in [-0.25, -0.2) is 4.79 Å². The Kier molecular flexibility index (Phi) is 5.05. The van der Waals surface area contributed by atoms with E-state index in [4.69, 9.17) is 18.1 Å². The number of aryl methyl sites for hydroxylation is 1. The number of hydrogen-bond acceptors (Lipinski definition) is 9. The summed E-state index contributed by atoms with van der Waals surface area (Å²) < 4.78 is 21.5. The van der Waals surface area contributed by atoms with E-state index >= 15 is 0 Å². The highest BCUT2D eigenvalue weighted by Gasteiger charge is 2.56. The predicted octanol–water partition coefficient (Wildman–Crippen LogP) is 3.94. The van der Waals surface area contributed by atoms with Crippen molar-refractivity contribution in [1.82, 2.24) is 15.1 Å². The van der Waals surface area contributed by atoms with Gasteiger partial charge in [0.05, 0.1) is 0 Å². The summed E-state index contributed by atoms with van der Waals surface area (Å²) in [7, 11) is 0. The van der Waals surface area contributed by atoms with Gasteiger partial charge < -0.3 is 23.2 Å². The molecular weight excluding hydrogens is 444 g/mol. The summed E-state index contributed by atoms with van der Waals surface area (Å²) in [5.41, 5.74) is 0.535. The monoisotopic (exact) mass is 462 g/mol. The molecule has 3 heterocycles. The Morgan fingerprint density at radius 2 is 1.94 bits per heavy atom. The zero-order chi connectivity index (χ0) is 23.9. The minimum absolute atomic E-state index is 0.0163. The van der Waals surface area contributed by atoms with E-state index in [1.165, 1.54) is 0 Å². The van der Waals surface area contributed by atoms with Crippen molar-refractivity contribution in [1.29, 1.82) is 0 Å². The average molecular weight is 462 g/mol. The summed E-state index contributed by atoms with van der Waals surface area (Å²) >= 11 is 0. The van der Waals surface area contributed by atoms with Crippen LogP contribution in [0.3, 0.4) is 0 Å². The predicted molar refractivity (Wildman–Crippen MR) is 115 cm³/mol. The number of oxazole rings is 2. The van der Waals surface area contributed by atoms with Crippen LogP contribution in [0.15, 0.2) is 43.7 Å². The van der Waals surface area contributed by atoms with Crippen molar-refractivity contribution in [2.75, 3.05) is 5.32 Å². The first-order valence-electron chi connectivity index (χ1n) is 10.4. The molecule has 0 saturated heterocycles. The number of rotatable bonds is 5. The number of ether oxygens (including phenoxy) is 1. The molecule has 3 aromatic heterocycles. The Morgan fingerprint density at radius 3 is 2.62 bits per heavy atom. The van der Waals surface area contributed by atoms with Crippen molar-refractivity contribution in [3.05, 3.63) is 59.1 Å². The number of amides is 1. The molecule has 1 aliphatic carbocycles. The molecule has 0 radical (unpaired) electrons. The first kappa shape index (κ1) is 21.3. The lowest BCUT2D eigenvalue weighted by molar-refractivity contribution is -0.140. The lowest BCUT2D eigenvalue weighted by Crippen LogP contribution is -2.19. The third kappa shape index (κ3) is 3.86. The van der Waals surface area contributed by atoms with E-state index in [1.54, 1.807) is 13.8 Å². The third-order valence-corrected chi connectivity index (χ3v) is 5.47. The highest BCUT2D eigenvalue weighted by Crippen LogP contribution is 2.48. The molecule has 11 heteroatoms. The van der Waals surface area contributed by atoms with E-state index in [9.17, 15) is 14.7 Å². The topological polar surface area (TPSA) is 154 Å². The molecular formula is C23H18N4O7. The molecule has 0 bridgehead atoms. The van der Waals surface area contributed by atoms with Crippen molar-refractivity contribution in [2.45, 2.75) is 38.2 Å². The van der Waals surface area contributed by atoms with Crippen LogP contribution in [0.2, 0.25) is 0 Å². The maximum atomic E-state index is 12.4. The normalized spacial score (nSPS) is 14.8. The molecule has 4 aromatic rings. The van der Waals surface area contributed by atoms with E-state index in [0.717, 1.165) is 5.56 Å². The number of aliphatic carboxylic acids is 1. The molecule has 5 rings (SSSR count). The molecule has 0 aliphatic heterocycles. The molecule has 34 heavy (non-hydrogen) atoms. The van der Waals surface area contributed by atoms with Crippen molar-refractivity contribution in [3.63, 3.8) is 0 Å². The molecule has 1 aliphatic rings. The standard InChI is InChI=1S/C23H18N4O7/c1-12-17(25-22(30)31-13(2)14-6-4-3-5-7-14)15(34-27-12)8-9-16-24-18-19(32-16)33-20(26-18)23(10-11-23)21(28)29/h3-7,13H,10-11H2,1-2H3,(H,25,30)(H,28,29). The quantitative estimate of drug-likeness (QED) is 0.417. The number of anilines is 1. The van der Waals surface area contributed by atoms with Gasteiger partial charge in [0, 0.05) is 5.92 Å². The first-order chi connectivity index (χ1) is 16.4. The Morgan fingerprint density at radius 1 is 1.18 bits per heavy atom. The smallest absolute Gasteiger partial charge is 0.412 e. The van der Waals surface area contributed by atoms with Crippen molar-refractivity contribution >= 4 is 29.2 Å². The summed E-state index contributed by atoms with van der Waals surface area (Å²) in [4.78, 5) is 32.0. The summed E-state index contributed by atoms with van der Waals surface area (Å²) in [5.74, 6) is 4.47. The zero-order valence-electron chi connectivity index (χ0n) is 18.1. The molecule has 1 unspecified atom stereocenters. The van der Waals surface area contributed by atoms with Crippen LogP contribution in [0.1, 0.15) is 54.7 Å². The van der Waals surface area contributed by atoms with Crippen LogP contribution in [-0.2, 0) is 14.9 Å². The first-order valence-corrected chi connectivity index (χ1v) is 10.4. The number of fused-ring (bicyclic) bond motifs is 1.